The van der Waals surface area contributed by atoms with Gasteiger partial charge in [-0.05, 0) is 37.5 Å². The molecule has 0 aromatic rings. The van der Waals surface area contributed by atoms with Crippen molar-refractivity contribution in [1.29, 1.82) is 0 Å². The maximum atomic E-state index is 11.8. The first-order chi connectivity index (χ1) is 8.18. The van der Waals surface area contributed by atoms with Gasteiger partial charge in [0.05, 0.1) is 6.04 Å². The molecule has 0 aromatic heterocycles. The summed E-state index contributed by atoms with van der Waals surface area (Å²) < 4.78 is 0. The molecule has 3 nitrogen and oxygen atoms in total. The Morgan fingerprint density at radius 2 is 1.94 bits per heavy atom. The number of hydrogen-bond acceptors (Lipinski definition) is 2. The van der Waals surface area contributed by atoms with E-state index in [0.29, 0.717) is 6.04 Å². The van der Waals surface area contributed by atoms with E-state index in [2.05, 4.69) is 24.5 Å². The van der Waals surface area contributed by atoms with Gasteiger partial charge in [-0.25, -0.2) is 0 Å². The number of carbonyl (C=O) groups excluding carboxylic acids is 1. The van der Waals surface area contributed by atoms with Crippen LogP contribution in [0.15, 0.2) is 0 Å². The molecule has 1 saturated heterocycles. The van der Waals surface area contributed by atoms with Crippen LogP contribution in [0, 0.1) is 11.8 Å². The number of piperidine rings is 1. The minimum Gasteiger partial charge on any atom is -0.355 e. The van der Waals surface area contributed by atoms with E-state index < -0.39 is 0 Å². The van der Waals surface area contributed by atoms with Crippen molar-refractivity contribution < 1.29 is 4.79 Å². The van der Waals surface area contributed by atoms with Gasteiger partial charge in [0, 0.05) is 12.6 Å². The summed E-state index contributed by atoms with van der Waals surface area (Å²) in [5.74, 6) is 1.68. The predicted molar refractivity (Wildman–Crippen MR) is 69.8 cm³/mol. The molecule has 2 N–H and O–H groups in total. The molecule has 3 unspecified atom stereocenters. The second-order valence-electron chi connectivity index (χ2n) is 5.95. The van der Waals surface area contributed by atoms with Crippen LogP contribution in [0.25, 0.3) is 0 Å². The van der Waals surface area contributed by atoms with E-state index in [0.717, 1.165) is 31.2 Å². The largest absolute Gasteiger partial charge is 0.355 e. The van der Waals surface area contributed by atoms with E-state index in [4.69, 9.17) is 0 Å². The fourth-order valence-corrected chi connectivity index (χ4v) is 3.35. The first-order valence-electron chi connectivity index (χ1n) is 7.22. The second kappa shape index (κ2) is 5.85. The van der Waals surface area contributed by atoms with Gasteiger partial charge in [0.25, 0.3) is 0 Å². The van der Waals surface area contributed by atoms with Crippen LogP contribution in [0.2, 0.25) is 0 Å². The van der Waals surface area contributed by atoms with Gasteiger partial charge in [-0.1, -0.05) is 26.7 Å². The van der Waals surface area contributed by atoms with Crippen molar-refractivity contribution in [2.24, 2.45) is 11.8 Å². The van der Waals surface area contributed by atoms with Gasteiger partial charge in [0.15, 0.2) is 0 Å². The first kappa shape index (κ1) is 12.9. The van der Waals surface area contributed by atoms with Gasteiger partial charge in [0.1, 0.15) is 0 Å². The highest BCUT2D eigenvalue weighted by Gasteiger charge is 2.31. The van der Waals surface area contributed by atoms with Crippen LogP contribution in [-0.4, -0.2) is 24.5 Å². The number of nitrogens with one attached hydrogen (secondary N) is 2. The van der Waals surface area contributed by atoms with Crippen LogP contribution in [0.3, 0.4) is 0 Å². The van der Waals surface area contributed by atoms with E-state index in [1.54, 1.807) is 0 Å². The van der Waals surface area contributed by atoms with E-state index >= 15 is 0 Å². The van der Waals surface area contributed by atoms with E-state index in [1.807, 2.05) is 0 Å². The summed E-state index contributed by atoms with van der Waals surface area (Å²) in [4.78, 5) is 11.8. The summed E-state index contributed by atoms with van der Waals surface area (Å²) in [7, 11) is 0. The van der Waals surface area contributed by atoms with E-state index in [9.17, 15) is 4.79 Å². The van der Waals surface area contributed by atoms with Crippen LogP contribution in [0.5, 0.6) is 0 Å². The Labute approximate surface area is 105 Å². The van der Waals surface area contributed by atoms with Crippen molar-refractivity contribution in [1.82, 2.24) is 10.6 Å². The number of carbonyl (C=O) groups is 1. The summed E-state index contributed by atoms with van der Waals surface area (Å²) in [5, 5.41) is 6.59. The lowest BCUT2D eigenvalue weighted by molar-refractivity contribution is -0.125. The fourth-order valence-electron chi connectivity index (χ4n) is 3.35. The highest BCUT2D eigenvalue weighted by atomic mass is 16.2. The Bertz CT molecular complexity index is 265. The molecule has 2 aliphatic rings. The molecule has 0 spiro atoms. The minimum atomic E-state index is 0.0631. The Hall–Kier alpha value is -0.570. The van der Waals surface area contributed by atoms with Crippen molar-refractivity contribution in [3.8, 4) is 0 Å². The fraction of sp³-hybridized carbons (Fsp3) is 0.929. The molecule has 2 fully saturated rings. The van der Waals surface area contributed by atoms with Gasteiger partial charge in [-0.2, -0.15) is 0 Å². The zero-order chi connectivity index (χ0) is 12.3. The lowest BCUT2D eigenvalue weighted by atomic mass is 9.77. The quantitative estimate of drug-likeness (QED) is 0.790. The van der Waals surface area contributed by atoms with Gasteiger partial charge < -0.3 is 10.6 Å². The molecule has 98 valence electrons. The first-order valence-corrected chi connectivity index (χ1v) is 7.22. The molecule has 0 aromatic carbocycles. The van der Waals surface area contributed by atoms with E-state index in [-0.39, 0.29) is 11.9 Å². The van der Waals surface area contributed by atoms with Crippen LogP contribution in [-0.2, 0) is 4.79 Å². The predicted octanol–water partition coefficient (Wildman–Crippen LogP) is 2.07. The van der Waals surface area contributed by atoms with Crippen molar-refractivity contribution in [2.75, 3.05) is 6.54 Å². The minimum absolute atomic E-state index is 0.0631. The van der Waals surface area contributed by atoms with Crippen molar-refractivity contribution in [3.05, 3.63) is 0 Å². The monoisotopic (exact) mass is 238 g/mol. The van der Waals surface area contributed by atoms with Crippen molar-refractivity contribution in [3.63, 3.8) is 0 Å². The molecule has 0 bridgehead atoms. The summed E-state index contributed by atoms with van der Waals surface area (Å²) >= 11 is 0. The SMILES string of the molecule is CC(C)C1CCCCC1NC1CCCNC1=O. The van der Waals surface area contributed by atoms with Crippen LogP contribution in [0.4, 0.5) is 0 Å². The maximum absolute atomic E-state index is 11.8. The van der Waals surface area contributed by atoms with Gasteiger partial charge in [0.2, 0.25) is 5.91 Å². The molecule has 1 aliphatic carbocycles. The van der Waals surface area contributed by atoms with Gasteiger partial charge >= 0.3 is 0 Å². The van der Waals surface area contributed by atoms with Crippen molar-refractivity contribution >= 4 is 5.91 Å². The third-order valence-electron chi connectivity index (χ3n) is 4.38. The lowest BCUT2D eigenvalue weighted by Crippen LogP contribution is -2.54. The average molecular weight is 238 g/mol. The number of hydrogen-bond donors (Lipinski definition) is 2. The number of rotatable bonds is 3. The molecular formula is C14H26N2O. The zero-order valence-corrected chi connectivity index (χ0v) is 11.2. The molecule has 0 radical (unpaired) electrons. The number of amides is 1. The summed E-state index contributed by atoms with van der Waals surface area (Å²) in [6, 6.07) is 0.616. The second-order valence-corrected chi connectivity index (χ2v) is 5.95. The smallest absolute Gasteiger partial charge is 0.237 e. The van der Waals surface area contributed by atoms with E-state index in [1.165, 1.54) is 25.7 Å². The summed E-state index contributed by atoms with van der Waals surface area (Å²) in [5.41, 5.74) is 0. The Morgan fingerprint density at radius 1 is 1.18 bits per heavy atom. The molecule has 3 atom stereocenters. The summed E-state index contributed by atoms with van der Waals surface area (Å²) in [6.07, 6.45) is 7.36. The standard InChI is InChI=1S/C14H26N2O/c1-10(2)11-6-3-4-7-12(11)16-13-8-5-9-15-14(13)17/h10-13,16H,3-9H2,1-2H3,(H,15,17). The lowest BCUT2D eigenvalue weighted by Gasteiger charge is -2.38. The molecule has 1 heterocycles. The molecule has 2 rings (SSSR count). The third-order valence-corrected chi connectivity index (χ3v) is 4.38. The molecule has 1 amide bonds. The molecule has 3 heteroatoms. The van der Waals surface area contributed by atoms with Crippen LogP contribution in [0.1, 0.15) is 52.4 Å². The zero-order valence-electron chi connectivity index (χ0n) is 11.2. The Balaban J connectivity index is 1.92. The highest BCUT2D eigenvalue weighted by molar-refractivity contribution is 5.82. The van der Waals surface area contributed by atoms with Crippen LogP contribution >= 0.6 is 0 Å². The highest BCUT2D eigenvalue weighted by Crippen LogP contribution is 2.30. The van der Waals surface area contributed by atoms with Gasteiger partial charge in [-0.3, -0.25) is 4.79 Å². The normalized spacial score (nSPS) is 34.8. The van der Waals surface area contributed by atoms with Crippen LogP contribution < -0.4 is 10.6 Å². The Kier molecular flexibility index (Phi) is 4.43. The Morgan fingerprint density at radius 3 is 2.65 bits per heavy atom. The van der Waals surface area contributed by atoms with Crippen molar-refractivity contribution in [2.45, 2.75) is 64.5 Å². The molecule has 1 aliphatic heterocycles. The molecular weight excluding hydrogens is 212 g/mol. The maximum Gasteiger partial charge on any atom is 0.237 e. The third kappa shape index (κ3) is 3.21. The topological polar surface area (TPSA) is 41.1 Å². The average Bonchev–Trinajstić information content (AvgIpc) is 2.32. The van der Waals surface area contributed by atoms with Gasteiger partial charge in [-0.15, -0.1) is 0 Å². The molecule has 17 heavy (non-hydrogen) atoms. The summed E-state index contributed by atoms with van der Waals surface area (Å²) in [6.45, 7) is 5.48. The molecule has 1 saturated carbocycles.